The zero-order valence-electron chi connectivity index (χ0n) is 9.88. The summed E-state index contributed by atoms with van der Waals surface area (Å²) in [5.41, 5.74) is 4.56. The Morgan fingerprint density at radius 3 is 2.59 bits per heavy atom. The van der Waals surface area contributed by atoms with Gasteiger partial charge >= 0.3 is 0 Å². The quantitative estimate of drug-likeness (QED) is 0.634. The molecule has 0 atom stereocenters. The van der Waals surface area contributed by atoms with E-state index < -0.39 is 0 Å². The fourth-order valence-electron chi connectivity index (χ4n) is 2.06. The van der Waals surface area contributed by atoms with Crippen molar-refractivity contribution in [3.8, 4) is 11.3 Å². The van der Waals surface area contributed by atoms with Crippen molar-refractivity contribution < 1.29 is 0 Å². The Labute approximate surface area is 99.8 Å². The fraction of sp³-hybridized carbons (Fsp3) is 0.143. The van der Waals surface area contributed by atoms with Gasteiger partial charge in [-0.05, 0) is 19.9 Å². The number of imidazole rings is 1. The second-order valence-electron chi connectivity index (χ2n) is 4.20. The van der Waals surface area contributed by atoms with E-state index in [1.54, 1.807) is 6.20 Å². The van der Waals surface area contributed by atoms with Gasteiger partial charge in [0.05, 0.1) is 11.4 Å². The summed E-state index contributed by atoms with van der Waals surface area (Å²) >= 11 is 0. The van der Waals surface area contributed by atoms with Crippen molar-refractivity contribution in [3.63, 3.8) is 0 Å². The summed E-state index contributed by atoms with van der Waals surface area (Å²) in [5, 5.41) is 0. The molecule has 0 aliphatic carbocycles. The lowest BCUT2D eigenvalue weighted by molar-refractivity contribution is 1.11. The van der Waals surface area contributed by atoms with Crippen LogP contribution in [0.4, 0.5) is 0 Å². The van der Waals surface area contributed by atoms with Crippen molar-refractivity contribution in [1.29, 1.82) is 0 Å². The van der Waals surface area contributed by atoms with E-state index in [1.165, 1.54) is 11.1 Å². The largest absolute Gasteiger partial charge is 0.283 e. The first kappa shape index (κ1) is 10.0. The van der Waals surface area contributed by atoms with E-state index in [0.717, 1.165) is 17.2 Å². The summed E-state index contributed by atoms with van der Waals surface area (Å²) in [6, 6.07) is 10.4. The summed E-state index contributed by atoms with van der Waals surface area (Å²) in [4.78, 5) is 8.72. The van der Waals surface area contributed by atoms with Crippen molar-refractivity contribution in [2.75, 3.05) is 0 Å². The SMILES string of the molecule is Cc1ccc(-c2c(C)nc3ncccn23)cc1. The van der Waals surface area contributed by atoms with Gasteiger partial charge in [-0.2, -0.15) is 0 Å². The molecule has 0 radical (unpaired) electrons. The zero-order valence-corrected chi connectivity index (χ0v) is 9.88. The molecule has 84 valence electrons. The van der Waals surface area contributed by atoms with Gasteiger partial charge in [0.25, 0.3) is 0 Å². The molecule has 0 saturated heterocycles. The first-order chi connectivity index (χ1) is 8.25. The van der Waals surface area contributed by atoms with Crippen LogP contribution in [0.3, 0.4) is 0 Å². The Bertz CT molecular complexity index is 666. The molecule has 3 rings (SSSR count). The van der Waals surface area contributed by atoms with Crippen LogP contribution in [0, 0.1) is 13.8 Å². The minimum Gasteiger partial charge on any atom is -0.283 e. The van der Waals surface area contributed by atoms with Crippen molar-refractivity contribution in [2.24, 2.45) is 0 Å². The van der Waals surface area contributed by atoms with Gasteiger partial charge in [-0.3, -0.25) is 4.40 Å². The monoisotopic (exact) mass is 223 g/mol. The van der Waals surface area contributed by atoms with Crippen molar-refractivity contribution in [3.05, 3.63) is 54.0 Å². The highest BCUT2D eigenvalue weighted by Gasteiger charge is 2.10. The van der Waals surface area contributed by atoms with Gasteiger partial charge in [-0.1, -0.05) is 29.8 Å². The third-order valence-corrected chi connectivity index (χ3v) is 2.90. The summed E-state index contributed by atoms with van der Waals surface area (Å²) in [6.45, 7) is 4.11. The van der Waals surface area contributed by atoms with Gasteiger partial charge < -0.3 is 0 Å². The molecule has 3 nitrogen and oxygen atoms in total. The Balaban J connectivity index is 2.29. The van der Waals surface area contributed by atoms with Crippen LogP contribution in [-0.2, 0) is 0 Å². The first-order valence-corrected chi connectivity index (χ1v) is 5.62. The summed E-state index contributed by atoms with van der Waals surface area (Å²) in [7, 11) is 0. The number of aryl methyl sites for hydroxylation is 2. The van der Waals surface area contributed by atoms with E-state index in [0.29, 0.717) is 0 Å². The number of hydrogen-bond acceptors (Lipinski definition) is 2. The lowest BCUT2D eigenvalue weighted by Gasteiger charge is -2.03. The lowest BCUT2D eigenvalue weighted by atomic mass is 10.1. The molecule has 0 amide bonds. The van der Waals surface area contributed by atoms with Crippen LogP contribution in [-0.4, -0.2) is 14.4 Å². The van der Waals surface area contributed by atoms with Crippen LogP contribution < -0.4 is 0 Å². The second kappa shape index (κ2) is 3.70. The molecule has 3 aromatic rings. The molecule has 3 heteroatoms. The maximum Gasteiger partial charge on any atom is 0.234 e. The normalized spacial score (nSPS) is 10.9. The van der Waals surface area contributed by atoms with Gasteiger partial charge in [-0.15, -0.1) is 0 Å². The van der Waals surface area contributed by atoms with E-state index in [4.69, 9.17) is 0 Å². The number of fused-ring (bicyclic) bond motifs is 1. The minimum atomic E-state index is 0.751. The molecule has 0 spiro atoms. The van der Waals surface area contributed by atoms with Crippen molar-refractivity contribution >= 4 is 5.78 Å². The number of rotatable bonds is 1. The molecule has 0 saturated carbocycles. The van der Waals surface area contributed by atoms with E-state index in [-0.39, 0.29) is 0 Å². The maximum atomic E-state index is 4.46. The molecule has 0 fully saturated rings. The first-order valence-electron chi connectivity index (χ1n) is 5.62. The van der Waals surface area contributed by atoms with Crippen LogP contribution in [0.25, 0.3) is 17.0 Å². The molecule has 2 heterocycles. The molecule has 0 bridgehead atoms. The Morgan fingerprint density at radius 1 is 1.06 bits per heavy atom. The highest BCUT2D eigenvalue weighted by atomic mass is 15.1. The van der Waals surface area contributed by atoms with Gasteiger partial charge in [0.1, 0.15) is 0 Å². The third-order valence-electron chi connectivity index (χ3n) is 2.90. The Hall–Kier alpha value is -2.16. The van der Waals surface area contributed by atoms with Crippen LogP contribution in [0.1, 0.15) is 11.3 Å². The topological polar surface area (TPSA) is 30.2 Å². The number of benzene rings is 1. The van der Waals surface area contributed by atoms with Gasteiger partial charge in [0.2, 0.25) is 5.78 Å². The highest BCUT2D eigenvalue weighted by molar-refractivity contribution is 5.66. The molecule has 2 aromatic heterocycles. The maximum absolute atomic E-state index is 4.46. The minimum absolute atomic E-state index is 0.751. The van der Waals surface area contributed by atoms with E-state index in [2.05, 4.69) is 41.2 Å². The van der Waals surface area contributed by atoms with Crippen molar-refractivity contribution in [2.45, 2.75) is 13.8 Å². The van der Waals surface area contributed by atoms with Gasteiger partial charge in [0, 0.05) is 18.0 Å². The third kappa shape index (κ3) is 1.60. The predicted molar refractivity (Wildman–Crippen MR) is 67.9 cm³/mol. The summed E-state index contributed by atoms with van der Waals surface area (Å²) < 4.78 is 2.03. The van der Waals surface area contributed by atoms with E-state index >= 15 is 0 Å². The van der Waals surface area contributed by atoms with Gasteiger partial charge in [-0.25, -0.2) is 9.97 Å². The molecule has 17 heavy (non-hydrogen) atoms. The molecule has 0 aliphatic rings. The van der Waals surface area contributed by atoms with Crippen LogP contribution in [0.15, 0.2) is 42.7 Å². The van der Waals surface area contributed by atoms with Crippen LogP contribution in [0.5, 0.6) is 0 Å². The number of nitrogens with zero attached hydrogens (tertiary/aromatic N) is 3. The average Bonchev–Trinajstić information content (AvgIpc) is 2.66. The molecular weight excluding hydrogens is 210 g/mol. The van der Waals surface area contributed by atoms with Crippen molar-refractivity contribution in [1.82, 2.24) is 14.4 Å². The predicted octanol–water partition coefficient (Wildman–Crippen LogP) is 3.01. The number of aromatic nitrogens is 3. The molecular formula is C14H13N3. The highest BCUT2D eigenvalue weighted by Crippen LogP contribution is 2.24. The summed E-state index contributed by atoms with van der Waals surface area (Å²) in [6.07, 6.45) is 3.76. The lowest BCUT2D eigenvalue weighted by Crippen LogP contribution is -1.90. The zero-order chi connectivity index (χ0) is 11.8. The summed E-state index contributed by atoms with van der Waals surface area (Å²) in [5.74, 6) is 0.751. The average molecular weight is 223 g/mol. The van der Waals surface area contributed by atoms with Crippen LogP contribution in [0.2, 0.25) is 0 Å². The second-order valence-corrected chi connectivity index (χ2v) is 4.20. The Morgan fingerprint density at radius 2 is 1.82 bits per heavy atom. The molecule has 0 unspecified atom stereocenters. The van der Waals surface area contributed by atoms with Crippen LogP contribution >= 0.6 is 0 Å². The fourth-order valence-corrected chi connectivity index (χ4v) is 2.06. The smallest absolute Gasteiger partial charge is 0.234 e. The van der Waals surface area contributed by atoms with E-state index in [9.17, 15) is 0 Å². The standard InChI is InChI=1S/C14H13N3/c1-10-4-6-12(7-5-10)13-11(2)16-14-15-8-3-9-17(13)14/h3-9H,1-2H3. The molecule has 0 aliphatic heterocycles. The Kier molecular flexibility index (Phi) is 2.18. The number of hydrogen-bond donors (Lipinski definition) is 0. The molecule has 1 aromatic carbocycles. The molecule has 0 N–H and O–H groups in total. The van der Waals surface area contributed by atoms with Gasteiger partial charge in [0.15, 0.2) is 0 Å². The van der Waals surface area contributed by atoms with E-state index in [1.807, 2.05) is 23.6 Å².